The first kappa shape index (κ1) is 13.3. The molecule has 6 nitrogen and oxygen atoms in total. The number of anilines is 1. The number of nitrogens with two attached hydrogens (primary N) is 1. The van der Waals surface area contributed by atoms with Crippen LogP contribution in [0.25, 0.3) is 0 Å². The monoisotopic (exact) mass is 279 g/mol. The average Bonchev–Trinajstić information content (AvgIpc) is 2.92. The van der Waals surface area contributed by atoms with E-state index in [0.29, 0.717) is 6.54 Å². The summed E-state index contributed by atoms with van der Waals surface area (Å²) < 4.78 is 6.42. The molecule has 0 atom stereocenters. The molecule has 100 valence electrons. The highest BCUT2D eigenvalue weighted by Crippen LogP contribution is 2.08. The number of esters is 1. The summed E-state index contributed by atoms with van der Waals surface area (Å²) in [4.78, 5) is 27.1. The van der Waals surface area contributed by atoms with E-state index in [9.17, 15) is 9.59 Å². The first-order valence-corrected chi connectivity index (χ1v) is 6.61. The number of aromatic nitrogens is 2. The van der Waals surface area contributed by atoms with Crippen molar-refractivity contribution in [3.05, 3.63) is 44.6 Å². The van der Waals surface area contributed by atoms with E-state index in [1.165, 1.54) is 22.1 Å². The van der Waals surface area contributed by atoms with Crippen molar-refractivity contribution in [3.63, 3.8) is 0 Å². The molecule has 0 aliphatic heterocycles. The Labute approximate surface area is 113 Å². The van der Waals surface area contributed by atoms with Crippen molar-refractivity contribution in [2.24, 2.45) is 0 Å². The van der Waals surface area contributed by atoms with E-state index in [-0.39, 0.29) is 18.1 Å². The third-order valence-electron chi connectivity index (χ3n) is 2.50. The van der Waals surface area contributed by atoms with Crippen molar-refractivity contribution in [1.82, 2.24) is 9.55 Å². The maximum Gasteiger partial charge on any atom is 0.358 e. The Hall–Kier alpha value is -2.15. The number of ether oxygens (including phenoxy) is 1. The maximum atomic E-state index is 11.8. The molecular formula is C12H13N3O3S. The summed E-state index contributed by atoms with van der Waals surface area (Å²) in [5, 5.41) is 3.79. The molecular weight excluding hydrogens is 266 g/mol. The van der Waals surface area contributed by atoms with E-state index in [1.807, 2.05) is 16.8 Å². The Morgan fingerprint density at radius 3 is 3.00 bits per heavy atom. The van der Waals surface area contributed by atoms with Gasteiger partial charge in [-0.25, -0.2) is 9.78 Å². The SMILES string of the molecule is CCn1cc(C(=O)OCc2ccsc2)nc(N)c1=O. The Kier molecular flexibility index (Phi) is 3.96. The first-order chi connectivity index (χ1) is 9.11. The molecule has 0 saturated carbocycles. The van der Waals surface area contributed by atoms with Crippen molar-refractivity contribution in [1.29, 1.82) is 0 Å². The zero-order valence-corrected chi connectivity index (χ0v) is 11.1. The molecule has 0 aliphatic carbocycles. The number of carbonyl (C=O) groups is 1. The van der Waals surface area contributed by atoms with Gasteiger partial charge in [0.1, 0.15) is 6.61 Å². The summed E-state index contributed by atoms with van der Waals surface area (Å²) in [6.45, 7) is 2.37. The minimum Gasteiger partial charge on any atom is -0.456 e. The molecule has 2 aromatic rings. The molecule has 2 N–H and O–H groups in total. The standard InChI is InChI=1S/C12H13N3O3S/c1-2-15-5-9(14-10(13)11(15)16)12(17)18-6-8-3-4-19-7-8/h3-5,7H,2,6H2,1H3,(H2,13,14). The molecule has 7 heteroatoms. The second kappa shape index (κ2) is 5.66. The van der Waals surface area contributed by atoms with Crippen LogP contribution in [-0.2, 0) is 17.9 Å². The topological polar surface area (TPSA) is 87.2 Å². The second-order valence-electron chi connectivity index (χ2n) is 3.81. The first-order valence-electron chi connectivity index (χ1n) is 5.67. The van der Waals surface area contributed by atoms with Crippen molar-refractivity contribution in [2.45, 2.75) is 20.1 Å². The van der Waals surface area contributed by atoms with Gasteiger partial charge in [0.25, 0.3) is 5.56 Å². The van der Waals surface area contributed by atoms with Crippen LogP contribution in [0.2, 0.25) is 0 Å². The van der Waals surface area contributed by atoms with Crippen LogP contribution in [0.1, 0.15) is 23.0 Å². The number of carbonyl (C=O) groups excluding carboxylic acids is 1. The number of nitrogens with zero attached hydrogens (tertiary/aromatic N) is 2. The van der Waals surface area contributed by atoms with Crippen LogP contribution in [0.5, 0.6) is 0 Å². The number of hydrogen-bond acceptors (Lipinski definition) is 6. The fraction of sp³-hybridized carbons (Fsp3) is 0.250. The molecule has 0 saturated heterocycles. The van der Waals surface area contributed by atoms with Gasteiger partial charge in [0.05, 0.1) is 0 Å². The zero-order chi connectivity index (χ0) is 13.8. The summed E-state index contributed by atoms with van der Waals surface area (Å²) in [7, 11) is 0. The number of thiophene rings is 1. The molecule has 0 fully saturated rings. The largest absolute Gasteiger partial charge is 0.456 e. The number of hydrogen-bond donors (Lipinski definition) is 1. The number of aryl methyl sites for hydroxylation is 1. The molecule has 2 heterocycles. The lowest BCUT2D eigenvalue weighted by Crippen LogP contribution is -2.26. The van der Waals surface area contributed by atoms with Gasteiger partial charge in [-0.2, -0.15) is 11.3 Å². The van der Waals surface area contributed by atoms with Gasteiger partial charge in [-0.15, -0.1) is 0 Å². The van der Waals surface area contributed by atoms with Gasteiger partial charge < -0.3 is 15.0 Å². The highest BCUT2D eigenvalue weighted by Gasteiger charge is 2.13. The van der Waals surface area contributed by atoms with Gasteiger partial charge in [0, 0.05) is 18.3 Å². The molecule has 2 rings (SSSR count). The molecule has 0 radical (unpaired) electrons. The molecule has 0 aromatic carbocycles. The molecule has 19 heavy (non-hydrogen) atoms. The van der Waals surface area contributed by atoms with Crippen LogP contribution in [0, 0.1) is 0 Å². The van der Waals surface area contributed by atoms with Gasteiger partial charge >= 0.3 is 5.97 Å². The predicted octanol–water partition coefficient (Wildman–Crippen LogP) is 1.26. The predicted molar refractivity (Wildman–Crippen MR) is 72.0 cm³/mol. The van der Waals surface area contributed by atoms with E-state index >= 15 is 0 Å². The molecule has 0 amide bonds. The summed E-state index contributed by atoms with van der Waals surface area (Å²) in [6.07, 6.45) is 1.36. The van der Waals surface area contributed by atoms with E-state index in [4.69, 9.17) is 10.5 Å². The minimum absolute atomic E-state index is 0.0363. The fourth-order valence-electron chi connectivity index (χ4n) is 1.49. The molecule has 2 aromatic heterocycles. The lowest BCUT2D eigenvalue weighted by atomic mass is 10.4. The lowest BCUT2D eigenvalue weighted by molar-refractivity contribution is 0.0465. The lowest BCUT2D eigenvalue weighted by Gasteiger charge is -2.07. The van der Waals surface area contributed by atoms with Crippen LogP contribution >= 0.6 is 11.3 Å². The van der Waals surface area contributed by atoms with Gasteiger partial charge in [-0.3, -0.25) is 4.79 Å². The van der Waals surface area contributed by atoms with Crippen LogP contribution in [-0.4, -0.2) is 15.5 Å². The maximum absolute atomic E-state index is 11.8. The normalized spacial score (nSPS) is 10.4. The quantitative estimate of drug-likeness (QED) is 0.851. The summed E-state index contributed by atoms with van der Waals surface area (Å²) in [6, 6.07) is 1.87. The van der Waals surface area contributed by atoms with Crippen LogP contribution < -0.4 is 11.3 Å². The van der Waals surface area contributed by atoms with Crippen molar-refractivity contribution >= 4 is 23.1 Å². The summed E-state index contributed by atoms with van der Waals surface area (Å²) >= 11 is 1.53. The molecule has 0 unspecified atom stereocenters. The van der Waals surface area contributed by atoms with Crippen molar-refractivity contribution in [3.8, 4) is 0 Å². The third kappa shape index (κ3) is 3.00. The Bertz CT molecular complexity index is 634. The van der Waals surface area contributed by atoms with Crippen LogP contribution in [0.3, 0.4) is 0 Å². The minimum atomic E-state index is -0.597. The van der Waals surface area contributed by atoms with Gasteiger partial charge in [0.2, 0.25) is 0 Å². The van der Waals surface area contributed by atoms with E-state index in [2.05, 4.69) is 4.98 Å². The molecule has 0 aliphatic rings. The van der Waals surface area contributed by atoms with Crippen molar-refractivity contribution < 1.29 is 9.53 Å². The second-order valence-corrected chi connectivity index (χ2v) is 4.59. The fourth-order valence-corrected chi connectivity index (χ4v) is 2.14. The number of rotatable bonds is 4. The highest BCUT2D eigenvalue weighted by molar-refractivity contribution is 7.07. The van der Waals surface area contributed by atoms with E-state index in [1.54, 1.807) is 6.92 Å². The van der Waals surface area contributed by atoms with Crippen LogP contribution in [0.15, 0.2) is 27.8 Å². The summed E-state index contributed by atoms with van der Waals surface area (Å²) in [5.41, 5.74) is 6.02. The van der Waals surface area contributed by atoms with Crippen molar-refractivity contribution in [2.75, 3.05) is 5.73 Å². The highest BCUT2D eigenvalue weighted by atomic mass is 32.1. The number of nitrogen functional groups attached to an aromatic ring is 1. The molecule has 0 spiro atoms. The Balaban J connectivity index is 2.15. The average molecular weight is 279 g/mol. The van der Waals surface area contributed by atoms with E-state index < -0.39 is 11.5 Å². The Morgan fingerprint density at radius 1 is 1.58 bits per heavy atom. The van der Waals surface area contributed by atoms with Gasteiger partial charge in [-0.1, -0.05) is 0 Å². The third-order valence-corrected chi connectivity index (χ3v) is 3.23. The summed E-state index contributed by atoms with van der Waals surface area (Å²) in [5.74, 6) is -0.799. The van der Waals surface area contributed by atoms with Gasteiger partial charge in [-0.05, 0) is 23.8 Å². The smallest absolute Gasteiger partial charge is 0.358 e. The molecule has 0 bridgehead atoms. The van der Waals surface area contributed by atoms with E-state index in [0.717, 1.165) is 5.56 Å². The zero-order valence-electron chi connectivity index (χ0n) is 10.3. The van der Waals surface area contributed by atoms with Gasteiger partial charge in [0.15, 0.2) is 11.5 Å². The van der Waals surface area contributed by atoms with Crippen LogP contribution in [0.4, 0.5) is 5.82 Å². The Morgan fingerprint density at radius 2 is 2.37 bits per heavy atom.